The van der Waals surface area contributed by atoms with E-state index in [0.717, 1.165) is 6.07 Å². The third-order valence-corrected chi connectivity index (χ3v) is 5.67. The first-order valence-electron chi connectivity index (χ1n) is 9.42. The summed E-state index contributed by atoms with van der Waals surface area (Å²) in [4.78, 5) is 25.6. The van der Waals surface area contributed by atoms with Crippen LogP contribution in [0.3, 0.4) is 0 Å². The van der Waals surface area contributed by atoms with Gasteiger partial charge in [0.15, 0.2) is 0 Å². The van der Waals surface area contributed by atoms with Gasteiger partial charge in [-0.15, -0.1) is 0 Å². The first kappa shape index (κ1) is 25.7. The van der Waals surface area contributed by atoms with E-state index in [2.05, 4.69) is 10.6 Å². The van der Waals surface area contributed by atoms with Gasteiger partial charge in [0.1, 0.15) is 0 Å². The van der Waals surface area contributed by atoms with E-state index in [4.69, 9.17) is 16.7 Å². The van der Waals surface area contributed by atoms with E-state index in [1.165, 1.54) is 24.1 Å². The Kier molecular flexibility index (Phi) is 9.08. The molecule has 2 rings (SSSR count). The third-order valence-electron chi connectivity index (χ3n) is 4.35. The molecule has 0 saturated carbocycles. The lowest BCUT2D eigenvalue weighted by molar-refractivity contribution is -0.115. The second-order valence-corrected chi connectivity index (χ2v) is 8.92. The van der Waals surface area contributed by atoms with Crippen molar-refractivity contribution in [3.63, 3.8) is 0 Å². The van der Waals surface area contributed by atoms with Crippen LogP contribution in [0.25, 0.3) is 0 Å². The molecule has 0 saturated heterocycles. The molecule has 0 aliphatic carbocycles. The molecule has 0 aromatic heterocycles. The number of alkyl halides is 2. The SMILES string of the molecule is CN(CCNC(=O)c1ccc(NC(=O)Cc2ccccc2Cl)cc1S(N)(=O)=O)CC(F)F. The number of sulfonamides is 1. The van der Waals surface area contributed by atoms with E-state index < -0.39 is 39.7 Å². The van der Waals surface area contributed by atoms with Gasteiger partial charge in [0.2, 0.25) is 15.9 Å². The lowest BCUT2D eigenvalue weighted by atomic mass is 10.1. The standard InChI is InChI=1S/C20H23ClF2N4O4S/c1-27(12-18(22)23)9-8-25-20(29)15-7-6-14(11-17(15)32(24,30)31)26-19(28)10-13-4-2-3-5-16(13)21/h2-7,11,18H,8-10,12H2,1H3,(H,25,29)(H,26,28)(H2,24,30,31). The molecule has 2 aromatic rings. The van der Waals surface area contributed by atoms with Crippen LogP contribution in [0, 0.1) is 0 Å². The monoisotopic (exact) mass is 488 g/mol. The van der Waals surface area contributed by atoms with Crippen molar-refractivity contribution >= 4 is 39.1 Å². The quantitative estimate of drug-likeness (QED) is 0.473. The number of anilines is 1. The predicted octanol–water partition coefficient (Wildman–Crippen LogP) is 2.10. The molecule has 32 heavy (non-hydrogen) atoms. The number of rotatable bonds is 10. The van der Waals surface area contributed by atoms with E-state index >= 15 is 0 Å². The second-order valence-electron chi connectivity index (χ2n) is 6.98. The minimum absolute atomic E-state index is 0.0163. The molecular formula is C20H23ClF2N4O4S. The van der Waals surface area contributed by atoms with E-state index in [0.29, 0.717) is 10.6 Å². The van der Waals surface area contributed by atoms with Gasteiger partial charge in [0.25, 0.3) is 12.3 Å². The minimum atomic E-state index is -4.30. The minimum Gasteiger partial charge on any atom is -0.351 e. The highest BCUT2D eigenvalue weighted by molar-refractivity contribution is 7.89. The number of nitrogens with zero attached hydrogens (tertiary/aromatic N) is 1. The number of amides is 2. The van der Waals surface area contributed by atoms with Crippen LogP contribution in [0.4, 0.5) is 14.5 Å². The first-order chi connectivity index (χ1) is 15.0. The fourth-order valence-corrected chi connectivity index (χ4v) is 3.79. The van der Waals surface area contributed by atoms with E-state index in [1.54, 1.807) is 24.3 Å². The van der Waals surface area contributed by atoms with Gasteiger partial charge in [0.05, 0.1) is 23.4 Å². The fraction of sp³-hybridized carbons (Fsp3) is 0.300. The van der Waals surface area contributed by atoms with Crippen LogP contribution in [-0.4, -0.2) is 58.2 Å². The maximum atomic E-state index is 12.4. The lowest BCUT2D eigenvalue weighted by Gasteiger charge is -2.16. The Morgan fingerprint density at radius 1 is 1.19 bits per heavy atom. The Balaban J connectivity index is 2.11. The van der Waals surface area contributed by atoms with Crippen molar-refractivity contribution < 1.29 is 26.8 Å². The summed E-state index contributed by atoms with van der Waals surface area (Å²) in [5.74, 6) is -1.19. The molecule has 0 radical (unpaired) electrons. The Hall–Kier alpha value is -2.60. The van der Waals surface area contributed by atoms with Gasteiger partial charge < -0.3 is 10.6 Å². The number of nitrogens with one attached hydrogen (secondary N) is 2. The van der Waals surface area contributed by atoms with Crippen LogP contribution in [0.5, 0.6) is 0 Å². The number of hydrogen-bond donors (Lipinski definition) is 3. The maximum absolute atomic E-state index is 12.4. The Labute approximate surface area is 189 Å². The van der Waals surface area contributed by atoms with Gasteiger partial charge in [-0.2, -0.15) is 0 Å². The Bertz CT molecular complexity index is 1080. The number of halogens is 3. The Morgan fingerprint density at radius 2 is 1.88 bits per heavy atom. The average molecular weight is 489 g/mol. The molecule has 0 heterocycles. The molecule has 0 bridgehead atoms. The molecule has 12 heteroatoms. The maximum Gasteiger partial charge on any atom is 0.252 e. The van der Waals surface area contributed by atoms with Crippen molar-refractivity contribution in [2.45, 2.75) is 17.7 Å². The van der Waals surface area contributed by atoms with Gasteiger partial charge in [-0.1, -0.05) is 29.8 Å². The van der Waals surface area contributed by atoms with Gasteiger partial charge in [-0.25, -0.2) is 22.3 Å². The molecule has 4 N–H and O–H groups in total. The van der Waals surface area contributed by atoms with E-state index in [-0.39, 0.29) is 30.8 Å². The zero-order valence-electron chi connectivity index (χ0n) is 17.1. The molecule has 0 unspecified atom stereocenters. The summed E-state index contributed by atoms with van der Waals surface area (Å²) < 4.78 is 48.7. The first-order valence-corrected chi connectivity index (χ1v) is 11.3. The molecule has 0 fully saturated rings. The highest BCUT2D eigenvalue weighted by Crippen LogP contribution is 2.21. The van der Waals surface area contributed by atoms with Crippen molar-refractivity contribution in [2.75, 3.05) is 32.0 Å². The number of hydrogen-bond acceptors (Lipinski definition) is 5. The fourth-order valence-electron chi connectivity index (χ4n) is 2.83. The molecule has 0 atom stereocenters. The van der Waals surface area contributed by atoms with E-state index in [1.807, 2.05) is 0 Å². The van der Waals surface area contributed by atoms with Crippen molar-refractivity contribution in [2.24, 2.45) is 5.14 Å². The van der Waals surface area contributed by atoms with Crippen LogP contribution in [0.15, 0.2) is 47.4 Å². The van der Waals surface area contributed by atoms with Gasteiger partial charge >= 0.3 is 0 Å². The number of likely N-dealkylation sites (N-methyl/N-ethyl adjacent to an activating group) is 1. The molecule has 0 aliphatic heterocycles. The largest absolute Gasteiger partial charge is 0.351 e. The zero-order chi connectivity index (χ0) is 23.9. The summed E-state index contributed by atoms with van der Waals surface area (Å²) in [6, 6.07) is 10.4. The zero-order valence-corrected chi connectivity index (χ0v) is 18.7. The normalized spacial score (nSPS) is 11.6. The van der Waals surface area contributed by atoms with Crippen molar-refractivity contribution in [3.05, 3.63) is 58.6 Å². The molecular weight excluding hydrogens is 466 g/mol. The molecule has 8 nitrogen and oxygen atoms in total. The molecule has 174 valence electrons. The Morgan fingerprint density at radius 3 is 2.50 bits per heavy atom. The number of primary sulfonamides is 1. The molecule has 2 amide bonds. The van der Waals surface area contributed by atoms with Gasteiger partial charge in [-0.3, -0.25) is 14.5 Å². The van der Waals surface area contributed by atoms with Crippen molar-refractivity contribution in [1.82, 2.24) is 10.2 Å². The van der Waals surface area contributed by atoms with Crippen LogP contribution < -0.4 is 15.8 Å². The highest BCUT2D eigenvalue weighted by atomic mass is 35.5. The summed E-state index contributed by atoms with van der Waals surface area (Å²) in [6.07, 6.45) is -2.55. The van der Waals surface area contributed by atoms with Crippen LogP contribution in [0.2, 0.25) is 5.02 Å². The number of benzene rings is 2. The predicted molar refractivity (Wildman–Crippen MR) is 117 cm³/mol. The molecule has 0 spiro atoms. The van der Waals surface area contributed by atoms with Crippen LogP contribution in [-0.2, 0) is 21.2 Å². The van der Waals surface area contributed by atoms with Crippen LogP contribution in [0.1, 0.15) is 15.9 Å². The van der Waals surface area contributed by atoms with Crippen molar-refractivity contribution in [3.8, 4) is 0 Å². The van der Waals surface area contributed by atoms with Gasteiger partial charge in [0, 0.05) is 23.8 Å². The summed E-state index contributed by atoms with van der Waals surface area (Å²) in [5.41, 5.74) is 0.485. The number of carbonyl (C=O) groups excluding carboxylic acids is 2. The molecule has 0 aliphatic rings. The average Bonchev–Trinajstić information content (AvgIpc) is 2.68. The third kappa shape index (κ3) is 7.83. The second kappa shape index (κ2) is 11.3. The van der Waals surface area contributed by atoms with Crippen LogP contribution >= 0.6 is 11.6 Å². The van der Waals surface area contributed by atoms with Crippen molar-refractivity contribution in [1.29, 1.82) is 0 Å². The summed E-state index contributed by atoms with van der Waals surface area (Å²) in [6.45, 7) is -0.305. The lowest BCUT2D eigenvalue weighted by Crippen LogP contribution is -2.35. The number of carbonyl (C=O) groups is 2. The number of nitrogens with two attached hydrogens (primary N) is 1. The highest BCUT2D eigenvalue weighted by Gasteiger charge is 2.21. The summed E-state index contributed by atoms with van der Waals surface area (Å²) in [5, 5.41) is 10.7. The smallest absolute Gasteiger partial charge is 0.252 e. The summed E-state index contributed by atoms with van der Waals surface area (Å²) in [7, 11) is -2.84. The van der Waals surface area contributed by atoms with Gasteiger partial charge in [-0.05, 0) is 36.9 Å². The summed E-state index contributed by atoms with van der Waals surface area (Å²) >= 11 is 6.04. The topological polar surface area (TPSA) is 122 Å². The van der Waals surface area contributed by atoms with E-state index in [9.17, 15) is 26.8 Å². The molecule has 2 aromatic carbocycles.